The van der Waals surface area contributed by atoms with Crippen LogP contribution in [0.3, 0.4) is 0 Å². The van der Waals surface area contributed by atoms with Crippen molar-refractivity contribution in [2.75, 3.05) is 7.11 Å². The van der Waals surface area contributed by atoms with Gasteiger partial charge in [0.15, 0.2) is 11.5 Å². The standard InChI is InChI=1S/C21H22O4/c1-14(2)4-12-18-16(11-13-19(22)20(18)23)8-5-15-6-9-17(10-7-15)21(24)25-3/h4-11,13,22-23H,12H2,1-3H3/b8-5+. The lowest BCUT2D eigenvalue weighted by atomic mass is 10.00. The van der Waals surface area contributed by atoms with Gasteiger partial charge in [0, 0.05) is 5.56 Å². The lowest BCUT2D eigenvalue weighted by Crippen LogP contribution is -2.00. The molecule has 0 aliphatic rings. The molecule has 2 aromatic carbocycles. The first-order valence-electron chi connectivity index (χ1n) is 7.96. The quantitative estimate of drug-likeness (QED) is 0.363. The molecule has 0 radical (unpaired) electrons. The second-order valence-electron chi connectivity index (χ2n) is 5.93. The highest BCUT2D eigenvalue weighted by atomic mass is 16.5. The maximum absolute atomic E-state index is 11.4. The number of carbonyl (C=O) groups excluding carboxylic acids is 1. The van der Waals surface area contributed by atoms with Crippen LogP contribution in [0.5, 0.6) is 11.5 Å². The van der Waals surface area contributed by atoms with E-state index in [1.54, 1.807) is 18.2 Å². The van der Waals surface area contributed by atoms with Gasteiger partial charge in [0.25, 0.3) is 0 Å². The van der Waals surface area contributed by atoms with Crippen molar-refractivity contribution in [2.45, 2.75) is 20.3 Å². The van der Waals surface area contributed by atoms with Crippen molar-refractivity contribution < 1.29 is 19.7 Å². The fraction of sp³-hybridized carbons (Fsp3) is 0.190. The molecular weight excluding hydrogens is 316 g/mol. The maximum Gasteiger partial charge on any atom is 0.337 e. The Morgan fingerprint density at radius 2 is 1.72 bits per heavy atom. The molecule has 0 heterocycles. The third kappa shape index (κ3) is 4.73. The summed E-state index contributed by atoms with van der Waals surface area (Å²) in [6.45, 7) is 3.97. The van der Waals surface area contributed by atoms with Crippen molar-refractivity contribution in [1.29, 1.82) is 0 Å². The molecule has 4 nitrogen and oxygen atoms in total. The van der Waals surface area contributed by atoms with Crippen LogP contribution in [-0.4, -0.2) is 23.3 Å². The monoisotopic (exact) mass is 338 g/mol. The van der Waals surface area contributed by atoms with Gasteiger partial charge in [-0.15, -0.1) is 0 Å². The van der Waals surface area contributed by atoms with Gasteiger partial charge in [0.1, 0.15) is 0 Å². The molecule has 0 bridgehead atoms. The van der Waals surface area contributed by atoms with Gasteiger partial charge < -0.3 is 14.9 Å². The predicted molar refractivity (Wildman–Crippen MR) is 99.6 cm³/mol. The fourth-order valence-corrected chi connectivity index (χ4v) is 2.35. The molecule has 4 heteroatoms. The van der Waals surface area contributed by atoms with Crippen molar-refractivity contribution in [3.05, 3.63) is 70.3 Å². The lowest BCUT2D eigenvalue weighted by molar-refractivity contribution is 0.0600. The summed E-state index contributed by atoms with van der Waals surface area (Å²) in [4.78, 5) is 11.4. The van der Waals surface area contributed by atoms with E-state index in [1.807, 2.05) is 44.2 Å². The first-order chi connectivity index (χ1) is 11.9. The van der Waals surface area contributed by atoms with E-state index in [4.69, 9.17) is 0 Å². The summed E-state index contributed by atoms with van der Waals surface area (Å²) in [5, 5.41) is 19.9. The van der Waals surface area contributed by atoms with Gasteiger partial charge in [-0.1, -0.05) is 42.0 Å². The van der Waals surface area contributed by atoms with Gasteiger partial charge in [-0.25, -0.2) is 4.79 Å². The number of aromatic hydroxyl groups is 2. The number of phenolic OH excluding ortho intramolecular Hbond substituents is 2. The summed E-state index contributed by atoms with van der Waals surface area (Å²) < 4.78 is 4.68. The average Bonchev–Trinajstić information content (AvgIpc) is 2.61. The van der Waals surface area contributed by atoms with Crippen molar-refractivity contribution in [3.63, 3.8) is 0 Å². The van der Waals surface area contributed by atoms with Crippen molar-refractivity contribution in [1.82, 2.24) is 0 Å². The number of ether oxygens (including phenoxy) is 1. The topological polar surface area (TPSA) is 66.8 Å². The minimum atomic E-state index is -0.372. The number of phenols is 2. The Kier molecular flexibility index (Phi) is 6.01. The largest absolute Gasteiger partial charge is 0.504 e. The van der Waals surface area contributed by atoms with Crippen LogP contribution < -0.4 is 0 Å². The van der Waals surface area contributed by atoms with Gasteiger partial charge in [-0.2, -0.15) is 0 Å². The summed E-state index contributed by atoms with van der Waals surface area (Å²) >= 11 is 0. The highest BCUT2D eigenvalue weighted by Crippen LogP contribution is 2.33. The minimum Gasteiger partial charge on any atom is -0.504 e. The zero-order chi connectivity index (χ0) is 18.4. The van der Waals surface area contributed by atoms with Crippen LogP contribution in [0.25, 0.3) is 12.2 Å². The van der Waals surface area contributed by atoms with Crippen molar-refractivity contribution >= 4 is 18.1 Å². The van der Waals surface area contributed by atoms with Crippen LogP contribution in [0, 0.1) is 0 Å². The molecule has 25 heavy (non-hydrogen) atoms. The molecule has 0 fully saturated rings. The molecular formula is C21H22O4. The van der Waals surface area contributed by atoms with E-state index in [9.17, 15) is 15.0 Å². The Labute approximate surface area is 147 Å². The van der Waals surface area contributed by atoms with Gasteiger partial charge in [0.2, 0.25) is 0 Å². The molecule has 0 unspecified atom stereocenters. The summed E-state index contributed by atoms with van der Waals surface area (Å²) in [6, 6.07) is 10.3. The number of carbonyl (C=O) groups is 1. The summed E-state index contributed by atoms with van der Waals surface area (Å²) in [6.07, 6.45) is 6.29. The maximum atomic E-state index is 11.4. The molecule has 2 rings (SSSR count). The van der Waals surface area contributed by atoms with E-state index < -0.39 is 0 Å². The van der Waals surface area contributed by atoms with Crippen LogP contribution in [0.4, 0.5) is 0 Å². The number of rotatable bonds is 5. The Morgan fingerprint density at radius 1 is 1.04 bits per heavy atom. The molecule has 0 atom stereocenters. The number of hydrogen-bond donors (Lipinski definition) is 2. The number of esters is 1. The lowest BCUT2D eigenvalue weighted by Gasteiger charge is -2.09. The van der Waals surface area contributed by atoms with Crippen LogP contribution in [0.15, 0.2) is 48.0 Å². The van der Waals surface area contributed by atoms with Crippen LogP contribution in [0.2, 0.25) is 0 Å². The summed E-state index contributed by atoms with van der Waals surface area (Å²) in [5.74, 6) is -0.597. The molecule has 2 N–H and O–H groups in total. The van der Waals surface area contributed by atoms with E-state index in [1.165, 1.54) is 13.2 Å². The second kappa shape index (κ2) is 8.20. The molecule has 0 aliphatic carbocycles. The zero-order valence-corrected chi connectivity index (χ0v) is 14.6. The SMILES string of the molecule is COC(=O)c1ccc(/C=C/c2ccc(O)c(O)c2CC=C(C)C)cc1. The highest BCUT2D eigenvalue weighted by molar-refractivity contribution is 5.89. The zero-order valence-electron chi connectivity index (χ0n) is 14.6. The third-order valence-corrected chi connectivity index (χ3v) is 3.80. The molecule has 0 amide bonds. The van der Waals surface area contributed by atoms with Gasteiger partial charge >= 0.3 is 5.97 Å². The van der Waals surface area contributed by atoms with Crippen molar-refractivity contribution in [3.8, 4) is 11.5 Å². The third-order valence-electron chi connectivity index (χ3n) is 3.80. The van der Waals surface area contributed by atoms with E-state index in [0.29, 0.717) is 17.5 Å². The Bertz CT molecular complexity index is 811. The highest BCUT2D eigenvalue weighted by Gasteiger charge is 2.09. The molecule has 2 aromatic rings. The van der Waals surface area contributed by atoms with Crippen LogP contribution in [0.1, 0.15) is 40.9 Å². The molecule has 0 spiro atoms. The number of methoxy groups -OCH3 is 1. The second-order valence-corrected chi connectivity index (χ2v) is 5.93. The first-order valence-corrected chi connectivity index (χ1v) is 7.96. The molecule has 0 saturated carbocycles. The number of allylic oxidation sites excluding steroid dienone is 2. The molecule has 130 valence electrons. The number of benzene rings is 2. The average molecular weight is 338 g/mol. The van der Waals surface area contributed by atoms with Crippen molar-refractivity contribution in [2.24, 2.45) is 0 Å². The normalized spacial score (nSPS) is 10.7. The Hall–Kier alpha value is -3.01. The van der Waals surface area contributed by atoms with E-state index in [0.717, 1.165) is 16.7 Å². The first kappa shape index (κ1) is 18.3. The van der Waals surface area contributed by atoms with Gasteiger partial charge in [0.05, 0.1) is 12.7 Å². The molecule has 0 saturated heterocycles. The van der Waals surface area contributed by atoms with Crippen LogP contribution in [-0.2, 0) is 11.2 Å². The summed E-state index contributed by atoms with van der Waals surface area (Å²) in [5.41, 5.74) is 4.03. The van der Waals surface area contributed by atoms with E-state index in [2.05, 4.69) is 4.74 Å². The Balaban J connectivity index is 2.30. The predicted octanol–water partition coefficient (Wildman–Crippen LogP) is 4.56. The van der Waals surface area contributed by atoms with Gasteiger partial charge in [-0.3, -0.25) is 0 Å². The van der Waals surface area contributed by atoms with Crippen LogP contribution >= 0.6 is 0 Å². The van der Waals surface area contributed by atoms with E-state index in [-0.39, 0.29) is 17.5 Å². The number of hydrogen-bond acceptors (Lipinski definition) is 4. The molecule has 0 aromatic heterocycles. The van der Waals surface area contributed by atoms with E-state index >= 15 is 0 Å². The van der Waals surface area contributed by atoms with Gasteiger partial charge in [-0.05, 0) is 49.6 Å². The molecule has 0 aliphatic heterocycles. The Morgan fingerprint density at radius 3 is 2.32 bits per heavy atom. The summed E-state index contributed by atoms with van der Waals surface area (Å²) in [7, 11) is 1.35. The minimum absolute atomic E-state index is 0.0966. The fourth-order valence-electron chi connectivity index (χ4n) is 2.35. The smallest absolute Gasteiger partial charge is 0.337 e.